The molecule has 0 aliphatic heterocycles. The van der Waals surface area contributed by atoms with E-state index in [1.807, 2.05) is 31.2 Å². The van der Waals surface area contributed by atoms with Crippen LogP contribution in [0.15, 0.2) is 53.1 Å². The molecule has 2 aromatic carbocycles. The Morgan fingerprint density at radius 3 is 2.59 bits per heavy atom. The fourth-order valence-corrected chi connectivity index (χ4v) is 2.66. The third-order valence-electron chi connectivity index (χ3n) is 4.05. The highest BCUT2D eigenvalue weighted by atomic mass is 35.5. The number of hydrogen-bond donors (Lipinski definition) is 1. The van der Waals surface area contributed by atoms with E-state index in [2.05, 4.69) is 21.5 Å². The highest BCUT2D eigenvalue weighted by molar-refractivity contribution is 6.30. The first-order valence-electron chi connectivity index (χ1n) is 8.43. The van der Waals surface area contributed by atoms with E-state index in [1.165, 1.54) is 0 Å². The van der Waals surface area contributed by atoms with Gasteiger partial charge in [-0.3, -0.25) is 4.79 Å². The Labute approximate surface area is 161 Å². The van der Waals surface area contributed by atoms with Gasteiger partial charge in [-0.2, -0.15) is 10.2 Å². The molecule has 136 valence electrons. The van der Waals surface area contributed by atoms with Crippen LogP contribution in [0.1, 0.15) is 36.4 Å². The molecule has 0 aliphatic carbocycles. The lowest BCUT2D eigenvalue weighted by Gasteiger charge is -2.14. The molecule has 1 aromatic heterocycles. The second-order valence-corrected chi connectivity index (χ2v) is 6.48. The molecule has 0 aliphatic rings. The number of nitrogens with one attached hydrogen (secondary N) is 1. The predicted molar refractivity (Wildman–Crippen MR) is 101 cm³/mol. The quantitative estimate of drug-likeness (QED) is 0.695. The van der Waals surface area contributed by atoms with Crippen molar-refractivity contribution in [2.45, 2.75) is 25.8 Å². The van der Waals surface area contributed by atoms with Crippen molar-refractivity contribution in [2.75, 3.05) is 0 Å². The molecule has 7 heteroatoms. The van der Waals surface area contributed by atoms with Gasteiger partial charge >= 0.3 is 0 Å². The van der Waals surface area contributed by atoms with Crippen molar-refractivity contribution in [1.82, 2.24) is 15.5 Å². The first-order valence-corrected chi connectivity index (χ1v) is 8.81. The lowest BCUT2D eigenvalue weighted by Crippen LogP contribution is -2.26. The smallest absolute Gasteiger partial charge is 0.227 e. The number of halogens is 1. The molecule has 3 aromatic rings. The third kappa shape index (κ3) is 4.93. The van der Waals surface area contributed by atoms with Crippen molar-refractivity contribution in [2.24, 2.45) is 0 Å². The molecule has 3 rings (SSSR count). The number of carbonyl (C=O) groups excluding carboxylic acids is 1. The SMILES string of the molecule is CC(NC(=O)CCc1nc(-c2ccc(Cl)cc2)no1)c1ccc(C#N)cc1. The van der Waals surface area contributed by atoms with E-state index in [0.717, 1.165) is 11.1 Å². The topological polar surface area (TPSA) is 91.8 Å². The van der Waals surface area contributed by atoms with Crippen LogP contribution >= 0.6 is 11.6 Å². The summed E-state index contributed by atoms with van der Waals surface area (Å²) in [4.78, 5) is 16.5. The minimum Gasteiger partial charge on any atom is -0.350 e. The summed E-state index contributed by atoms with van der Waals surface area (Å²) in [5.41, 5.74) is 2.32. The minimum atomic E-state index is -0.155. The van der Waals surface area contributed by atoms with Gasteiger partial charge in [-0.1, -0.05) is 28.9 Å². The number of benzene rings is 2. The molecule has 0 radical (unpaired) electrons. The standard InChI is InChI=1S/C20H17ClN4O2/c1-13(15-4-2-14(12-22)3-5-15)23-18(26)10-11-19-24-20(25-27-19)16-6-8-17(21)9-7-16/h2-9,13H,10-11H2,1H3,(H,23,26). The summed E-state index contributed by atoms with van der Waals surface area (Å²) in [5, 5.41) is 16.3. The molecule has 1 atom stereocenters. The predicted octanol–water partition coefficient (Wildman–Crippen LogP) is 4.07. The van der Waals surface area contributed by atoms with Gasteiger partial charge in [0.25, 0.3) is 0 Å². The van der Waals surface area contributed by atoms with Crippen LogP contribution in [0.4, 0.5) is 0 Å². The lowest BCUT2D eigenvalue weighted by atomic mass is 10.1. The van der Waals surface area contributed by atoms with Gasteiger partial charge < -0.3 is 9.84 Å². The summed E-state index contributed by atoms with van der Waals surface area (Å²) < 4.78 is 5.21. The van der Waals surface area contributed by atoms with E-state index in [4.69, 9.17) is 21.4 Å². The summed E-state index contributed by atoms with van der Waals surface area (Å²) in [6.07, 6.45) is 0.593. The van der Waals surface area contributed by atoms with Gasteiger partial charge in [0, 0.05) is 23.4 Å². The number of carbonyl (C=O) groups is 1. The van der Waals surface area contributed by atoms with E-state index in [9.17, 15) is 4.79 Å². The molecule has 6 nitrogen and oxygen atoms in total. The van der Waals surface area contributed by atoms with Gasteiger partial charge in [-0.15, -0.1) is 0 Å². The fourth-order valence-electron chi connectivity index (χ4n) is 2.54. The zero-order valence-electron chi connectivity index (χ0n) is 14.6. The van der Waals surface area contributed by atoms with Gasteiger partial charge in [0.15, 0.2) is 0 Å². The summed E-state index contributed by atoms with van der Waals surface area (Å²) in [7, 11) is 0. The van der Waals surface area contributed by atoms with Crippen LogP contribution in [0.25, 0.3) is 11.4 Å². The van der Waals surface area contributed by atoms with Crippen LogP contribution in [-0.4, -0.2) is 16.0 Å². The summed E-state index contributed by atoms with van der Waals surface area (Å²) in [6, 6.07) is 16.2. The Bertz CT molecular complexity index is 959. The third-order valence-corrected chi connectivity index (χ3v) is 4.31. The van der Waals surface area contributed by atoms with Gasteiger partial charge in [-0.05, 0) is 48.9 Å². The first kappa shape index (κ1) is 18.6. The number of aryl methyl sites for hydroxylation is 1. The number of rotatable bonds is 6. The number of aromatic nitrogens is 2. The zero-order valence-corrected chi connectivity index (χ0v) is 15.4. The van der Waals surface area contributed by atoms with Crippen molar-refractivity contribution in [3.8, 4) is 17.5 Å². The Morgan fingerprint density at radius 2 is 1.93 bits per heavy atom. The lowest BCUT2D eigenvalue weighted by molar-refractivity contribution is -0.121. The maximum Gasteiger partial charge on any atom is 0.227 e. The summed E-state index contributed by atoms with van der Waals surface area (Å²) in [5.74, 6) is 0.757. The maximum absolute atomic E-state index is 12.2. The molecular weight excluding hydrogens is 364 g/mol. The van der Waals surface area contributed by atoms with E-state index >= 15 is 0 Å². The van der Waals surface area contributed by atoms with Crippen molar-refractivity contribution in [1.29, 1.82) is 5.26 Å². The molecule has 0 fully saturated rings. The minimum absolute atomic E-state index is 0.113. The number of nitrogens with zero attached hydrogens (tertiary/aromatic N) is 3. The molecule has 1 amide bonds. The fraction of sp³-hybridized carbons (Fsp3) is 0.200. The van der Waals surface area contributed by atoms with Crippen molar-refractivity contribution in [3.63, 3.8) is 0 Å². The van der Waals surface area contributed by atoms with Gasteiger partial charge in [0.05, 0.1) is 17.7 Å². The monoisotopic (exact) mass is 380 g/mol. The van der Waals surface area contributed by atoms with Crippen LogP contribution in [0, 0.1) is 11.3 Å². The maximum atomic E-state index is 12.2. The second kappa shape index (κ2) is 8.47. The van der Waals surface area contributed by atoms with Crippen LogP contribution in [0.3, 0.4) is 0 Å². The molecule has 1 N–H and O–H groups in total. The Balaban J connectivity index is 1.53. The molecule has 27 heavy (non-hydrogen) atoms. The highest BCUT2D eigenvalue weighted by Crippen LogP contribution is 2.19. The molecule has 0 saturated heterocycles. The summed E-state index contributed by atoms with van der Waals surface area (Å²) >= 11 is 5.87. The molecule has 0 saturated carbocycles. The Kier molecular flexibility index (Phi) is 5.84. The van der Waals surface area contributed by atoms with Gasteiger partial charge in [0.2, 0.25) is 17.6 Å². The summed E-state index contributed by atoms with van der Waals surface area (Å²) in [6.45, 7) is 1.89. The van der Waals surface area contributed by atoms with E-state index in [0.29, 0.717) is 28.7 Å². The van der Waals surface area contributed by atoms with Crippen LogP contribution in [-0.2, 0) is 11.2 Å². The number of amides is 1. The van der Waals surface area contributed by atoms with Crippen molar-refractivity contribution < 1.29 is 9.32 Å². The van der Waals surface area contributed by atoms with Crippen LogP contribution < -0.4 is 5.32 Å². The Morgan fingerprint density at radius 1 is 1.22 bits per heavy atom. The average molecular weight is 381 g/mol. The van der Waals surface area contributed by atoms with Gasteiger partial charge in [-0.25, -0.2) is 0 Å². The van der Waals surface area contributed by atoms with E-state index in [-0.39, 0.29) is 18.4 Å². The zero-order chi connectivity index (χ0) is 19.2. The average Bonchev–Trinajstić information content (AvgIpc) is 3.16. The first-order chi connectivity index (χ1) is 13.0. The van der Waals surface area contributed by atoms with Gasteiger partial charge in [0.1, 0.15) is 0 Å². The highest BCUT2D eigenvalue weighted by Gasteiger charge is 2.13. The number of nitriles is 1. The second-order valence-electron chi connectivity index (χ2n) is 6.04. The normalized spacial score (nSPS) is 11.6. The van der Waals surface area contributed by atoms with Crippen molar-refractivity contribution >= 4 is 17.5 Å². The molecular formula is C20H17ClN4O2. The largest absolute Gasteiger partial charge is 0.350 e. The Hall–Kier alpha value is -3.17. The molecule has 1 unspecified atom stereocenters. The van der Waals surface area contributed by atoms with Crippen LogP contribution in [0.2, 0.25) is 5.02 Å². The number of hydrogen-bond acceptors (Lipinski definition) is 5. The van der Waals surface area contributed by atoms with E-state index in [1.54, 1.807) is 24.3 Å². The molecule has 1 heterocycles. The molecule has 0 bridgehead atoms. The van der Waals surface area contributed by atoms with E-state index < -0.39 is 0 Å². The molecule has 0 spiro atoms. The van der Waals surface area contributed by atoms with Crippen molar-refractivity contribution in [3.05, 3.63) is 70.6 Å². The van der Waals surface area contributed by atoms with Crippen LogP contribution in [0.5, 0.6) is 0 Å².